The zero-order chi connectivity index (χ0) is 16.8. The van der Waals surface area contributed by atoms with E-state index in [1.54, 1.807) is 7.11 Å². The fourth-order valence-electron chi connectivity index (χ4n) is 2.54. The molecule has 0 aromatic heterocycles. The molecule has 0 aliphatic rings. The molecular formula is C18H29NO3. The molecule has 1 aromatic rings. The number of carbonyl (C=O) groups is 1. The lowest BCUT2D eigenvalue weighted by atomic mass is 9.85. The van der Waals surface area contributed by atoms with Crippen molar-refractivity contribution in [3.05, 3.63) is 29.8 Å². The summed E-state index contributed by atoms with van der Waals surface area (Å²) < 4.78 is 10.6. The number of hydrogen-bond acceptors (Lipinski definition) is 3. The van der Waals surface area contributed by atoms with Gasteiger partial charge in [0.1, 0.15) is 11.4 Å². The van der Waals surface area contributed by atoms with Crippen LogP contribution in [-0.2, 0) is 4.74 Å². The van der Waals surface area contributed by atoms with E-state index >= 15 is 0 Å². The summed E-state index contributed by atoms with van der Waals surface area (Å²) >= 11 is 0. The Labute approximate surface area is 134 Å². The van der Waals surface area contributed by atoms with Gasteiger partial charge in [0.15, 0.2) is 0 Å². The predicted octanol–water partition coefficient (Wildman–Crippen LogP) is 4.35. The summed E-state index contributed by atoms with van der Waals surface area (Å²) in [5.74, 6) is 1.54. The van der Waals surface area contributed by atoms with Crippen LogP contribution in [-0.4, -0.2) is 25.3 Å². The molecule has 22 heavy (non-hydrogen) atoms. The minimum absolute atomic E-state index is 0.310. The number of alkyl carbamates (subject to hydrolysis) is 1. The van der Waals surface area contributed by atoms with Crippen LogP contribution >= 0.6 is 0 Å². The van der Waals surface area contributed by atoms with Gasteiger partial charge in [-0.05, 0) is 56.7 Å². The van der Waals surface area contributed by atoms with Crippen LogP contribution in [0.3, 0.4) is 0 Å². The second-order valence-electron chi connectivity index (χ2n) is 6.65. The van der Waals surface area contributed by atoms with Crippen molar-refractivity contribution in [3.8, 4) is 5.75 Å². The predicted molar refractivity (Wildman–Crippen MR) is 89.4 cm³/mol. The molecule has 0 radical (unpaired) electrons. The lowest BCUT2D eigenvalue weighted by Gasteiger charge is -2.25. The third kappa shape index (κ3) is 5.96. The average Bonchev–Trinajstić information content (AvgIpc) is 2.44. The number of amides is 1. The maximum atomic E-state index is 11.8. The van der Waals surface area contributed by atoms with Gasteiger partial charge in [-0.2, -0.15) is 0 Å². The molecule has 1 rings (SSSR count). The van der Waals surface area contributed by atoms with Crippen molar-refractivity contribution in [2.75, 3.05) is 13.7 Å². The van der Waals surface area contributed by atoms with E-state index in [-0.39, 0.29) is 6.09 Å². The lowest BCUT2D eigenvalue weighted by Crippen LogP contribution is -2.35. The number of nitrogens with one attached hydrogen (secondary N) is 1. The topological polar surface area (TPSA) is 47.6 Å². The minimum atomic E-state index is -0.468. The van der Waals surface area contributed by atoms with E-state index in [0.717, 1.165) is 12.2 Å². The standard InChI is InChI=1S/C18H29NO3/c1-7-16(14-9-8-10-15(11-14)21-6)13(2)12-19-17(20)22-18(3,4)5/h8-11,13,16H,7,12H2,1-6H3,(H,19,20)/t13-,16+/m0/s1. The highest BCUT2D eigenvalue weighted by atomic mass is 16.6. The molecule has 0 aliphatic carbocycles. The Kier molecular flexibility index (Phi) is 6.72. The second kappa shape index (κ2) is 8.06. The highest BCUT2D eigenvalue weighted by Crippen LogP contribution is 2.29. The van der Waals surface area contributed by atoms with Crippen molar-refractivity contribution >= 4 is 6.09 Å². The summed E-state index contributed by atoms with van der Waals surface area (Å²) in [6, 6.07) is 8.13. The van der Waals surface area contributed by atoms with Crippen molar-refractivity contribution in [3.63, 3.8) is 0 Å². The van der Waals surface area contributed by atoms with Crippen molar-refractivity contribution < 1.29 is 14.3 Å². The van der Waals surface area contributed by atoms with Crippen LogP contribution in [0.1, 0.15) is 52.5 Å². The van der Waals surface area contributed by atoms with Gasteiger partial charge >= 0.3 is 6.09 Å². The largest absolute Gasteiger partial charge is 0.497 e. The highest BCUT2D eigenvalue weighted by molar-refractivity contribution is 5.67. The van der Waals surface area contributed by atoms with Gasteiger partial charge in [0, 0.05) is 6.54 Å². The maximum absolute atomic E-state index is 11.8. The summed E-state index contributed by atoms with van der Waals surface area (Å²) in [5.41, 5.74) is 0.768. The molecule has 0 heterocycles. The van der Waals surface area contributed by atoms with Gasteiger partial charge in [0.05, 0.1) is 7.11 Å². The first kappa shape index (κ1) is 18.3. The first-order valence-electron chi connectivity index (χ1n) is 7.87. The van der Waals surface area contributed by atoms with E-state index in [9.17, 15) is 4.79 Å². The smallest absolute Gasteiger partial charge is 0.407 e. The molecule has 0 spiro atoms. The summed E-state index contributed by atoms with van der Waals surface area (Å²) in [6.45, 7) is 10.5. The molecule has 2 atom stereocenters. The minimum Gasteiger partial charge on any atom is -0.497 e. The normalized spacial score (nSPS) is 14.1. The number of ether oxygens (including phenoxy) is 2. The van der Waals surface area contributed by atoms with Crippen molar-refractivity contribution in [2.24, 2.45) is 5.92 Å². The molecule has 0 fully saturated rings. The zero-order valence-electron chi connectivity index (χ0n) is 14.6. The molecule has 1 amide bonds. The number of rotatable bonds is 6. The summed E-state index contributed by atoms with van der Waals surface area (Å²) in [6.07, 6.45) is 0.643. The maximum Gasteiger partial charge on any atom is 0.407 e. The summed E-state index contributed by atoms with van der Waals surface area (Å²) in [5, 5.41) is 2.86. The number of benzene rings is 1. The van der Waals surface area contributed by atoms with Gasteiger partial charge in [-0.15, -0.1) is 0 Å². The molecule has 0 saturated carbocycles. The number of methoxy groups -OCH3 is 1. The third-order valence-electron chi connectivity index (χ3n) is 3.62. The molecular weight excluding hydrogens is 278 g/mol. The van der Waals surface area contributed by atoms with Crippen LogP contribution in [0.15, 0.2) is 24.3 Å². The van der Waals surface area contributed by atoms with E-state index in [1.165, 1.54) is 5.56 Å². The Morgan fingerprint density at radius 2 is 2.00 bits per heavy atom. The molecule has 0 aliphatic heterocycles. The van der Waals surface area contributed by atoms with Crippen LogP contribution in [0.4, 0.5) is 4.79 Å². The molecule has 1 N–H and O–H groups in total. The lowest BCUT2D eigenvalue weighted by molar-refractivity contribution is 0.0518. The molecule has 4 heteroatoms. The molecule has 0 bridgehead atoms. The molecule has 1 aromatic carbocycles. The Hall–Kier alpha value is -1.71. The van der Waals surface area contributed by atoms with Gasteiger partial charge in [0.2, 0.25) is 0 Å². The van der Waals surface area contributed by atoms with E-state index in [4.69, 9.17) is 9.47 Å². The van der Waals surface area contributed by atoms with Gasteiger partial charge in [0.25, 0.3) is 0 Å². The number of carbonyl (C=O) groups excluding carboxylic acids is 1. The number of hydrogen-bond donors (Lipinski definition) is 1. The van der Waals surface area contributed by atoms with E-state index in [0.29, 0.717) is 18.4 Å². The summed E-state index contributed by atoms with van der Waals surface area (Å²) in [4.78, 5) is 11.8. The van der Waals surface area contributed by atoms with Gasteiger partial charge < -0.3 is 14.8 Å². The highest BCUT2D eigenvalue weighted by Gasteiger charge is 2.21. The quantitative estimate of drug-likeness (QED) is 0.850. The van der Waals surface area contributed by atoms with Crippen LogP contribution in [0.25, 0.3) is 0 Å². The Morgan fingerprint density at radius 3 is 2.55 bits per heavy atom. The monoisotopic (exact) mass is 307 g/mol. The summed E-state index contributed by atoms with van der Waals surface area (Å²) in [7, 11) is 1.67. The average molecular weight is 307 g/mol. The molecule has 4 nitrogen and oxygen atoms in total. The van der Waals surface area contributed by atoms with Crippen molar-refractivity contribution in [2.45, 2.75) is 52.6 Å². The van der Waals surface area contributed by atoms with E-state index in [1.807, 2.05) is 32.9 Å². The van der Waals surface area contributed by atoms with Crippen LogP contribution < -0.4 is 10.1 Å². The van der Waals surface area contributed by atoms with E-state index < -0.39 is 5.60 Å². The molecule has 124 valence electrons. The zero-order valence-corrected chi connectivity index (χ0v) is 14.6. The van der Waals surface area contributed by atoms with Crippen LogP contribution in [0.5, 0.6) is 5.75 Å². The fraction of sp³-hybridized carbons (Fsp3) is 0.611. The van der Waals surface area contributed by atoms with Crippen molar-refractivity contribution in [1.29, 1.82) is 0 Å². The van der Waals surface area contributed by atoms with Gasteiger partial charge in [-0.1, -0.05) is 26.0 Å². The fourth-order valence-corrected chi connectivity index (χ4v) is 2.54. The Balaban J connectivity index is 2.64. The Bertz CT molecular complexity index is 479. The van der Waals surface area contributed by atoms with Gasteiger partial charge in [-0.3, -0.25) is 0 Å². The molecule has 0 unspecified atom stereocenters. The van der Waals surface area contributed by atoms with E-state index in [2.05, 4.69) is 31.3 Å². The first-order valence-corrected chi connectivity index (χ1v) is 7.87. The van der Waals surface area contributed by atoms with Gasteiger partial charge in [-0.25, -0.2) is 4.79 Å². The van der Waals surface area contributed by atoms with Crippen LogP contribution in [0, 0.1) is 5.92 Å². The molecule has 0 saturated heterocycles. The van der Waals surface area contributed by atoms with Crippen LogP contribution in [0.2, 0.25) is 0 Å². The van der Waals surface area contributed by atoms with Crippen molar-refractivity contribution in [1.82, 2.24) is 5.32 Å². The Morgan fingerprint density at radius 1 is 1.32 bits per heavy atom. The second-order valence-corrected chi connectivity index (χ2v) is 6.65. The SMILES string of the molecule is CC[C@@H](c1cccc(OC)c1)[C@@H](C)CNC(=O)OC(C)(C)C. The third-order valence-corrected chi connectivity index (χ3v) is 3.62. The first-order chi connectivity index (χ1) is 10.3.